The van der Waals surface area contributed by atoms with Gasteiger partial charge in [-0.15, -0.1) is 0 Å². The number of ether oxygens (including phenoxy) is 1. The third kappa shape index (κ3) is 3.05. The van der Waals surface area contributed by atoms with E-state index in [1.54, 1.807) is 0 Å². The van der Waals surface area contributed by atoms with Crippen molar-refractivity contribution in [1.82, 2.24) is 24.2 Å². The number of fused-ring (bicyclic) bond motifs is 1. The molecule has 1 atom stereocenters. The molecular weight excluding hydrogens is 330 g/mol. The second kappa shape index (κ2) is 6.54. The number of hydrogen-bond donors (Lipinski definition) is 0. The molecular formula is C19H25N5O2. The first kappa shape index (κ1) is 16.1. The topological polar surface area (TPSA) is 65.2 Å². The Kier molecular flexibility index (Phi) is 4.04. The molecule has 5 rings (SSSR count). The van der Waals surface area contributed by atoms with Crippen LogP contribution >= 0.6 is 0 Å². The predicted octanol–water partition coefficient (Wildman–Crippen LogP) is 1.58. The third-order valence-corrected chi connectivity index (χ3v) is 5.80. The van der Waals surface area contributed by atoms with E-state index in [1.807, 2.05) is 17.3 Å². The smallest absolute Gasteiger partial charge is 0.228 e. The summed E-state index contributed by atoms with van der Waals surface area (Å²) in [5.41, 5.74) is 2.23. The van der Waals surface area contributed by atoms with Crippen molar-refractivity contribution in [3.63, 3.8) is 0 Å². The highest BCUT2D eigenvalue weighted by atomic mass is 16.5. The Hall–Kier alpha value is -2.15. The molecule has 7 heteroatoms. The average molecular weight is 355 g/mol. The third-order valence-electron chi connectivity index (χ3n) is 5.80. The normalized spacial score (nSPS) is 23.1. The van der Waals surface area contributed by atoms with Crippen LogP contribution in [0.2, 0.25) is 0 Å². The van der Waals surface area contributed by atoms with Crippen LogP contribution in [-0.4, -0.2) is 56.4 Å². The molecule has 1 aliphatic carbocycles. The molecule has 0 radical (unpaired) electrons. The molecule has 2 aromatic rings. The first-order chi connectivity index (χ1) is 12.8. The van der Waals surface area contributed by atoms with Gasteiger partial charge in [-0.05, 0) is 25.2 Å². The fraction of sp³-hybridized carbons (Fsp3) is 0.632. The van der Waals surface area contributed by atoms with Gasteiger partial charge in [0.25, 0.3) is 0 Å². The molecule has 0 bridgehead atoms. The maximum absolute atomic E-state index is 12.7. The number of hydrogen-bond acceptors (Lipinski definition) is 4. The van der Waals surface area contributed by atoms with Crippen LogP contribution in [0.15, 0.2) is 18.6 Å². The van der Waals surface area contributed by atoms with Gasteiger partial charge in [-0.25, -0.2) is 4.98 Å². The van der Waals surface area contributed by atoms with Crippen LogP contribution < -0.4 is 0 Å². The van der Waals surface area contributed by atoms with Crippen molar-refractivity contribution in [2.75, 3.05) is 26.3 Å². The number of aromatic nitrogens is 4. The lowest BCUT2D eigenvalue weighted by Gasteiger charge is -2.23. The van der Waals surface area contributed by atoms with E-state index in [9.17, 15) is 4.79 Å². The van der Waals surface area contributed by atoms with Crippen LogP contribution in [0.5, 0.6) is 0 Å². The Balaban J connectivity index is 1.31. The van der Waals surface area contributed by atoms with Crippen LogP contribution in [0.4, 0.5) is 0 Å². The lowest BCUT2D eigenvalue weighted by molar-refractivity contribution is -0.135. The second-order valence-corrected chi connectivity index (χ2v) is 7.74. The number of imidazole rings is 1. The monoisotopic (exact) mass is 355 g/mol. The molecule has 0 aromatic carbocycles. The molecule has 1 saturated heterocycles. The lowest BCUT2D eigenvalue weighted by Crippen LogP contribution is -2.38. The summed E-state index contributed by atoms with van der Waals surface area (Å²) in [7, 11) is 0. The molecule has 2 fully saturated rings. The number of nitrogens with zero attached hydrogens (tertiary/aromatic N) is 5. The zero-order valence-corrected chi connectivity index (χ0v) is 15.0. The van der Waals surface area contributed by atoms with E-state index in [2.05, 4.69) is 25.5 Å². The Bertz CT molecular complexity index is 801. The predicted molar refractivity (Wildman–Crippen MR) is 95.4 cm³/mol. The first-order valence-electron chi connectivity index (χ1n) is 9.71. The zero-order chi connectivity index (χ0) is 17.5. The van der Waals surface area contributed by atoms with Crippen molar-refractivity contribution in [1.29, 1.82) is 0 Å². The largest absolute Gasteiger partial charge is 0.381 e. The second-order valence-electron chi connectivity index (χ2n) is 7.74. The van der Waals surface area contributed by atoms with Crippen molar-refractivity contribution in [2.45, 2.75) is 38.8 Å². The maximum atomic E-state index is 12.7. The molecule has 3 aliphatic rings. The van der Waals surface area contributed by atoms with Crippen molar-refractivity contribution in [3.05, 3.63) is 24.4 Å². The van der Waals surface area contributed by atoms with Gasteiger partial charge in [-0.1, -0.05) is 0 Å². The zero-order valence-electron chi connectivity index (χ0n) is 15.0. The molecule has 138 valence electrons. The minimum Gasteiger partial charge on any atom is -0.381 e. The molecule has 2 aliphatic heterocycles. The number of carbonyl (C=O) groups excluding carboxylic acids is 1. The van der Waals surface area contributed by atoms with E-state index in [4.69, 9.17) is 4.74 Å². The van der Waals surface area contributed by atoms with Crippen LogP contribution in [0, 0.1) is 11.8 Å². The van der Waals surface area contributed by atoms with Gasteiger partial charge in [0.1, 0.15) is 5.82 Å². The highest BCUT2D eigenvalue weighted by Gasteiger charge is 2.30. The molecule has 0 unspecified atom stereocenters. The van der Waals surface area contributed by atoms with Gasteiger partial charge < -0.3 is 14.2 Å². The van der Waals surface area contributed by atoms with E-state index >= 15 is 0 Å². The van der Waals surface area contributed by atoms with E-state index in [-0.39, 0.29) is 11.8 Å². The quantitative estimate of drug-likeness (QED) is 0.835. The summed E-state index contributed by atoms with van der Waals surface area (Å²) in [6.45, 7) is 4.57. The van der Waals surface area contributed by atoms with Crippen LogP contribution in [-0.2, 0) is 29.0 Å². The van der Waals surface area contributed by atoms with Gasteiger partial charge in [0.05, 0.1) is 30.6 Å². The highest BCUT2D eigenvalue weighted by Crippen LogP contribution is 2.31. The van der Waals surface area contributed by atoms with E-state index < -0.39 is 0 Å². The molecule has 0 spiro atoms. The standard InChI is InChI=1S/C19H25N5O2/c25-19(15-4-8-26-13-15)22-5-3-18-20-10-17(24(18)7-6-22)16-9-21-23(12-16)11-14-1-2-14/h9-10,12,14-15H,1-8,11,13H2/t15-/m0/s1. The summed E-state index contributed by atoms with van der Waals surface area (Å²) in [6.07, 6.45) is 10.3. The Labute approximate surface area is 152 Å². The summed E-state index contributed by atoms with van der Waals surface area (Å²) in [4.78, 5) is 19.3. The molecule has 7 nitrogen and oxygen atoms in total. The summed E-state index contributed by atoms with van der Waals surface area (Å²) < 4.78 is 9.70. The van der Waals surface area contributed by atoms with Crippen LogP contribution in [0.3, 0.4) is 0 Å². The van der Waals surface area contributed by atoms with E-state index in [1.165, 1.54) is 12.8 Å². The first-order valence-corrected chi connectivity index (χ1v) is 9.71. The molecule has 26 heavy (non-hydrogen) atoms. The number of amides is 1. The van der Waals surface area contributed by atoms with E-state index in [0.29, 0.717) is 13.2 Å². The molecule has 1 saturated carbocycles. The van der Waals surface area contributed by atoms with Gasteiger partial charge in [0, 0.05) is 51.0 Å². The molecule has 2 aromatic heterocycles. The summed E-state index contributed by atoms with van der Waals surface area (Å²) in [5, 5.41) is 4.52. The minimum atomic E-state index is 0.0422. The van der Waals surface area contributed by atoms with Crippen molar-refractivity contribution >= 4 is 5.91 Å². The summed E-state index contributed by atoms with van der Waals surface area (Å²) >= 11 is 0. The minimum absolute atomic E-state index is 0.0422. The van der Waals surface area contributed by atoms with Gasteiger partial charge in [-0.2, -0.15) is 5.10 Å². The summed E-state index contributed by atoms with van der Waals surface area (Å²) in [6, 6.07) is 0. The van der Waals surface area contributed by atoms with Gasteiger partial charge in [0.2, 0.25) is 5.91 Å². The fourth-order valence-corrected chi connectivity index (χ4v) is 4.03. The van der Waals surface area contributed by atoms with Gasteiger partial charge in [-0.3, -0.25) is 9.48 Å². The SMILES string of the molecule is O=C([C@H]1CCOC1)N1CCc2ncc(-c3cnn(CC4CC4)c3)n2CC1. The number of carbonyl (C=O) groups is 1. The average Bonchev–Trinajstić information content (AvgIpc) is 3.03. The number of rotatable bonds is 4. The molecule has 1 amide bonds. The molecule has 4 heterocycles. The lowest BCUT2D eigenvalue weighted by atomic mass is 10.1. The Morgan fingerprint density at radius 2 is 2.12 bits per heavy atom. The Morgan fingerprint density at radius 1 is 1.19 bits per heavy atom. The van der Waals surface area contributed by atoms with Gasteiger partial charge >= 0.3 is 0 Å². The van der Waals surface area contributed by atoms with Crippen LogP contribution in [0.25, 0.3) is 11.3 Å². The molecule has 0 N–H and O–H groups in total. The Morgan fingerprint density at radius 3 is 2.92 bits per heavy atom. The highest BCUT2D eigenvalue weighted by molar-refractivity contribution is 5.79. The van der Waals surface area contributed by atoms with Gasteiger partial charge in [0.15, 0.2) is 0 Å². The van der Waals surface area contributed by atoms with Crippen LogP contribution in [0.1, 0.15) is 25.1 Å². The maximum Gasteiger partial charge on any atom is 0.228 e. The van der Waals surface area contributed by atoms with E-state index in [0.717, 1.165) is 62.0 Å². The fourth-order valence-electron chi connectivity index (χ4n) is 4.03. The van der Waals surface area contributed by atoms with Crippen molar-refractivity contribution in [3.8, 4) is 11.3 Å². The van der Waals surface area contributed by atoms with Crippen molar-refractivity contribution in [2.24, 2.45) is 11.8 Å². The van der Waals surface area contributed by atoms with Crippen molar-refractivity contribution < 1.29 is 9.53 Å². The summed E-state index contributed by atoms with van der Waals surface area (Å²) in [5.74, 6) is 2.16.